The SMILES string of the molecule is CCCCCCCCCCCCC/C=C/[C@@H](O)[C@H](COP1(=O)OCCO1)NC(C)=O. The van der Waals surface area contributed by atoms with Crippen LogP contribution in [0.5, 0.6) is 0 Å². The number of rotatable bonds is 18. The van der Waals surface area contributed by atoms with Gasteiger partial charge in [-0.05, 0) is 12.8 Å². The summed E-state index contributed by atoms with van der Waals surface area (Å²) < 4.78 is 27.1. The summed E-state index contributed by atoms with van der Waals surface area (Å²) in [6.07, 6.45) is 17.8. The number of carbonyl (C=O) groups is 1. The van der Waals surface area contributed by atoms with Gasteiger partial charge in [-0.25, -0.2) is 4.57 Å². The van der Waals surface area contributed by atoms with Crippen molar-refractivity contribution < 1.29 is 28.0 Å². The number of aliphatic hydroxyl groups is 1. The summed E-state index contributed by atoms with van der Waals surface area (Å²) in [4.78, 5) is 11.4. The van der Waals surface area contributed by atoms with Crippen LogP contribution in [-0.2, 0) is 22.9 Å². The highest BCUT2D eigenvalue weighted by Gasteiger charge is 2.33. The minimum Gasteiger partial charge on any atom is -0.387 e. The van der Waals surface area contributed by atoms with E-state index < -0.39 is 20.0 Å². The van der Waals surface area contributed by atoms with Crippen LogP contribution in [0.2, 0.25) is 0 Å². The molecule has 0 aromatic rings. The van der Waals surface area contributed by atoms with Gasteiger partial charge in [0.2, 0.25) is 5.91 Å². The van der Waals surface area contributed by atoms with Crippen LogP contribution in [-0.4, -0.2) is 43.0 Å². The molecule has 0 unspecified atom stereocenters. The number of hydrogen-bond acceptors (Lipinski definition) is 6. The van der Waals surface area contributed by atoms with Crippen LogP contribution in [0.1, 0.15) is 90.9 Å². The fourth-order valence-electron chi connectivity index (χ4n) is 3.36. The van der Waals surface area contributed by atoms with Crippen molar-refractivity contribution in [3.05, 3.63) is 12.2 Å². The van der Waals surface area contributed by atoms with Gasteiger partial charge in [0.25, 0.3) is 0 Å². The standard InChI is InChI=1S/C22H42NO6P/c1-3-4-5-6-7-8-9-10-11-12-13-14-15-16-22(25)21(23-20(2)24)19-29-30(26)27-17-18-28-30/h15-16,21-22,25H,3-14,17-19H2,1-2H3,(H,23,24)/b16-15+/t21-,22+/m0/s1. The first-order valence-electron chi connectivity index (χ1n) is 11.6. The van der Waals surface area contributed by atoms with Crippen LogP contribution in [0.4, 0.5) is 0 Å². The Morgan fingerprint density at radius 1 is 1.03 bits per heavy atom. The zero-order valence-electron chi connectivity index (χ0n) is 18.9. The van der Waals surface area contributed by atoms with Crippen LogP contribution < -0.4 is 5.32 Å². The van der Waals surface area contributed by atoms with E-state index in [0.717, 1.165) is 12.8 Å². The van der Waals surface area contributed by atoms with Crippen LogP contribution >= 0.6 is 7.82 Å². The second-order valence-electron chi connectivity index (χ2n) is 7.96. The van der Waals surface area contributed by atoms with Gasteiger partial charge < -0.3 is 10.4 Å². The van der Waals surface area contributed by atoms with Crippen molar-refractivity contribution in [1.82, 2.24) is 5.32 Å². The molecule has 0 aromatic carbocycles. The van der Waals surface area contributed by atoms with Crippen molar-refractivity contribution in [3.8, 4) is 0 Å². The molecule has 2 N–H and O–H groups in total. The quantitative estimate of drug-likeness (QED) is 0.169. The molecule has 0 radical (unpaired) electrons. The molecule has 8 heteroatoms. The Labute approximate surface area is 182 Å². The summed E-state index contributed by atoms with van der Waals surface area (Å²) in [5, 5.41) is 13.0. The van der Waals surface area contributed by atoms with Gasteiger partial charge in [-0.2, -0.15) is 0 Å². The Morgan fingerprint density at radius 2 is 1.57 bits per heavy atom. The molecular weight excluding hydrogens is 405 g/mol. The topological polar surface area (TPSA) is 94.1 Å². The number of phosphoric ester groups is 1. The van der Waals surface area contributed by atoms with E-state index >= 15 is 0 Å². The predicted molar refractivity (Wildman–Crippen MR) is 119 cm³/mol. The van der Waals surface area contributed by atoms with Gasteiger partial charge in [0, 0.05) is 6.92 Å². The molecule has 1 rings (SSSR count). The molecule has 176 valence electrons. The number of carbonyl (C=O) groups excluding carboxylic acids is 1. The van der Waals surface area contributed by atoms with Gasteiger partial charge in [-0.1, -0.05) is 83.3 Å². The van der Waals surface area contributed by atoms with E-state index in [0.29, 0.717) is 0 Å². The molecule has 1 aliphatic heterocycles. The average Bonchev–Trinajstić information content (AvgIpc) is 3.15. The van der Waals surface area contributed by atoms with E-state index in [2.05, 4.69) is 12.2 Å². The average molecular weight is 448 g/mol. The lowest BCUT2D eigenvalue weighted by Gasteiger charge is -2.22. The van der Waals surface area contributed by atoms with Crippen molar-refractivity contribution >= 4 is 13.7 Å². The Hall–Kier alpha value is -0.720. The second-order valence-corrected chi connectivity index (χ2v) is 9.63. The van der Waals surface area contributed by atoms with E-state index in [9.17, 15) is 14.5 Å². The Balaban J connectivity index is 2.13. The van der Waals surface area contributed by atoms with Crippen molar-refractivity contribution in [2.75, 3.05) is 19.8 Å². The lowest BCUT2D eigenvalue weighted by molar-refractivity contribution is -0.120. The molecule has 30 heavy (non-hydrogen) atoms. The molecule has 0 bridgehead atoms. The normalized spacial score (nSPS) is 18.0. The van der Waals surface area contributed by atoms with E-state index in [1.165, 1.54) is 71.1 Å². The smallest absolute Gasteiger partial charge is 0.387 e. The molecule has 7 nitrogen and oxygen atoms in total. The number of unbranched alkanes of at least 4 members (excludes halogenated alkanes) is 11. The van der Waals surface area contributed by atoms with E-state index in [-0.39, 0.29) is 25.7 Å². The second kappa shape index (κ2) is 16.9. The van der Waals surface area contributed by atoms with Crippen molar-refractivity contribution in [2.45, 2.75) is 103 Å². The Kier molecular flexibility index (Phi) is 15.4. The summed E-state index contributed by atoms with van der Waals surface area (Å²) >= 11 is 0. The lowest BCUT2D eigenvalue weighted by Crippen LogP contribution is -2.44. The third kappa shape index (κ3) is 13.6. The van der Waals surface area contributed by atoms with E-state index in [4.69, 9.17) is 13.6 Å². The predicted octanol–water partition coefficient (Wildman–Crippen LogP) is 5.28. The van der Waals surface area contributed by atoms with Gasteiger partial charge >= 0.3 is 7.82 Å². The van der Waals surface area contributed by atoms with Crippen LogP contribution in [0.15, 0.2) is 12.2 Å². The molecule has 0 spiro atoms. The summed E-state index contributed by atoms with van der Waals surface area (Å²) in [7, 11) is -3.55. The number of allylic oxidation sites excluding steroid dienone is 1. The van der Waals surface area contributed by atoms with Crippen LogP contribution in [0.3, 0.4) is 0 Å². The highest BCUT2D eigenvalue weighted by molar-refractivity contribution is 7.48. The molecule has 2 atom stereocenters. The lowest BCUT2D eigenvalue weighted by atomic mass is 10.0. The Bertz CT molecular complexity index is 518. The number of nitrogens with one attached hydrogen (secondary N) is 1. The summed E-state index contributed by atoms with van der Waals surface area (Å²) in [5.74, 6) is -0.298. The zero-order valence-corrected chi connectivity index (χ0v) is 19.7. The maximum Gasteiger partial charge on any atom is 0.475 e. The van der Waals surface area contributed by atoms with Gasteiger partial charge in [0.1, 0.15) is 0 Å². The van der Waals surface area contributed by atoms with Crippen molar-refractivity contribution in [2.24, 2.45) is 0 Å². The van der Waals surface area contributed by atoms with Gasteiger partial charge in [0.15, 0.2) is 0 Å². The summed E-state index contributed by atoms with van der Waals surface area (Å²) in [6, 6.07) is -0.713. The zero-order chi connectivity index (χ0) is 22.1. The first kappa shape index (κ1) is 27.3. The van der Waals surface area contributed by atoms with Crippen LogP contribution in [0.25, 0.3) is 0 Å². The molecule has 0 aliphatic carbocycles. The summed E-state index contributed by atoms with van der Waals surface area (Å²) in [5.41, 5.74) is 0. The first-order chi connectivity index (χ1) is 14.5. The largest absolute Gasteiger partial charge is 0.475 e. The fraction of sp³-hybridized carbons (Fsp3) is 0.864. The molecule has 1 saturated heterocycles. The van der Waals surface area contributed by atoms with Gasteiger partial charge in [0.05, 0.1) is 32.0 Å². The maximum absolute atomic E-state index is 12.0. The van der Waals surface area contributed by atoms with Crippen LogP contribution in [0, 0.1) is 0 Å². The third-order valence-electron chi connectivity index (χ3n) is 5.10. The molecular formula is C22H42NO6P. The van der Waals surface area contributed by atoms with E-state index in [1.54, 1.807) is 6.08 Å². The maximum atomic E-state index is 12.0. The highest BCUT2D eigenvalue weighted by Crippen LogP contribution is 2.52. The third-order valence-corrected chi connectivity index (χ3v) is 6.57. The molecule has 1 aliphatic rings. The molecule has 1 amide bonds. The van der Waals surface area contributed by atoms with Gasteiger partial charge in [-0.3, -0.25) is 18.4 Å². The Morgan fingerprint density at radius 3 is 2.10 bits per heavy atom. The molecule has 1 fully saturated rings. The number of aliphatic hydroxyl groups excluding tert-OH is 1. The minimum absolute atomic E-state index is 0.152. The summed E-state index contributed by atoms with van der Waals surface area (Å²) in [6.45, 7) is 3.88. The fourth-order valence-corrected chi connectivity index (χ4v) is 4.53. The monoisotopic (exact) mass is 447 g/mol. The first-order valence-corrected chi connectivity index (χ1v) is 13.1. The van der Waals surface area contributed by atoms with Crippen molar-refractivity contribution in [1.29, 1.82) is 0 Å². The molecule has 0 saturated carbocycles. The number of phosphoric acid groups is 1. The van der Waals surface area contributed by atoms with Crippen molar-refractivity contribution in [3.63, 3.8) is 0 Å². The number of hydrogen-bond donors (Lipinski definition) is 2. The highest BCUT2D eigenvalue weighted by atomic mass is 31.2. The van der Waals surface area contributed by atoms with E-state index in [1.807, 2.05) is 6.08 Å². The van der Waals surface area contributed by atoms with Gasteiger partial charge in [-0.15, -0.1) is 0 Å². The molecule has 0 aromatic heterocycles. The number of amides is 1. The minimum atomic E-state index is -3.55. The molecule has 1 heterocycles.